The lowest BCUT2D eigenvalue weighted by Crippen LogP contribution is -2.35. The molecule has 0 spiro atoms. The Kier molecular flexibility index (Phi) is 9.44. The van der Waals surface area contributed by atoms with E-state index in [1.165, 1.54) is 56.4 Å². The highest BCUT2D eigenvalue weighted by atomic mass is 127. The molecule has 1 heterocycles. The summed E-state index contributed by atoms with van der Waals surface area (Å²) in [6.45, 7) is 4.70. The lowest BCUT2D eigenvalue weighted by Gasteiger charge is -2.38. The van der Waals surface area contributed by atoms with Crippen molar-refractivity contribution in [2.45, 2.75) is 24.9 Å². The lowest BCUT2D eigenvalue weighted by molar-refractivity contribution is 0.163. The van der Waals surface area contributed by atoms with E-state index in [4.69, 9.17) is 18.9 Å². The van der Waals surface area contributed by atoms with Gasteiger partial charge in [-0.25, -0.2) is 0 Å². The molecule has 0 aromatic heterocycles. The molecular formula is C43H37I2O4P3. The largest absolute Gasteiger partial charge is 0.497 e. The predicted octanol–water partition coefficient (Wildman–Crippen LogP) is 9.90. The van der Waals surface area contributed by atoms with Gasteiger partial charge in [0, 0.05) is 40.2 Å². The van der Waals surface area contributed by atoms with Crippen molar-refractivity contribution in [3.63, 3.8) is 0 Å². The van der Waals surface area contributed by atoms with Crippen molar-refractivity contribution in [1.29, 1.82) is 0 Å². The summed E-state index contributed by atoms with van der Waals surface area (Å²) < 4.78 is 26.9. The molecule has 9 heteroatoms. The van der Waals surface area contributed by atoms with Gasteiger partial charge >= 0.3 is 0 Å². The minimum Gasteiger partial charge on any atom is -0.497 e. The van der Waals surface area contributed by atoms with Gasteiger partial charge in [0.05, 0.1) is 21.3 Å². The van der Waals surface area contributed by atoms with Crippen molar-refractivity contribution in [2.24, 2.45) is 0 Å². The van der Waals surface area contributed by atoms with Crippen LogP contribution in [0.4, 0.5) is 0 Å². The van der Waals surface area contributed by atoms with E-state index < -0.39 is 5.60 Å². The zero-order valence-electron chi connectivity index (χ0n) is 29.4. The van der Waals surface area contributed by atoms with Crippen LogP contribution in [0.3, 0.4) is 0 Å². The van der Waals surface area contributed by atoms with E-state index in [1.807, 2.05) is 24.3 Å². The van der Waals surface area contributed by atoms with E-state index in [0.717, 1.165) is 50.5 Å². The van der Waals surface area contributed by atoms with Crippen LogP contribution in [-0.2, 0) is 11.0 Å². The molecule has 0 fully saturated rings. The SMILES string of the molecule is COc1ccc(C2(c3ccc(OC)cc3)C=Cc3c4c(c5ccc(OC)cc5c3O2)-c2ccc(-c3c(P)c(P)c(I)c(P)c3I)cc2C4(C)C)cc1. The highest BCUT2D eigenvalue weighted by molar-refractivity contribution is 14.1. The zero-order chi connectivity index (χ0) is 36.7. The Morgan fingerprint density at radius 2 is 1.21 bits per heavy atom. The van der Waals surface area contributed by atoms with Gasteiger partial charge in [0.25, 0.3) is 0 Å². The van der Waals surface area contributed by atoms with E-state index in [9.17, 15) is 0 Å². The lowest BCUT2D eigenvalue weighted by atomic mass is 9.76. The number of hydrogen-bond donors (Lipinski definition) is 0. The summed E-state index contributed by atoms with van der Waals surface area (Å²) in [5.41, 5.74) is 9.36. The van der Waals surface area contributed by atoms with Gasteiger partial charge in [-0.1, -0.05) is 56.3 Å². The number of hydrogen-bond acceptors (Lipinski definition) is 4. The Balaban J connectivity index is 1.39. The average molecular weight is 964 g/mol. The van der Waals surface area contributed by atoms with Crippen LogP contribution in [0.5, 0.6) is 23.0 Å². The Bertz CT molecular complexity index is 2400. The van der Waals surface area contributed by atoms with Crippen LogP contribution < -0.4 is 34.9 Å². The van der Waals surface area contributed by atoms with E-state index in [-0.39, 0.29) is 5.41 Å². The molecule has 3 unspecified atom stereocenters. The second-order valence-corrected chi connectivity index (χ2v) is 17.6. The molecule has 0 N–H and O–H groups in total. The fourth-order valence-electron chi connectivity index (χ4n) is 7.93. The number of fused-ring (bicyclic) bond motifs is 8. The molecule has 0 bridgehead atoms. The minimum atomic E-state index is -0.916. The number of rotatable bonds is 6. The molecule has 6 aromatic carbocycles. The summed E-state index contributed by atoms with van der Waals surface area (Å²) in [7, 11) is 14.0. The van der Waals surface area contributed by atoms with Crippen LogP contribution >= 0.6 is 72.9 Å². The summed E-state index contributed by atoms with van der Waals surface area (Å²) >= 11 is 4.94. The number of benzene rings is 6. The number of halogens is 2. The first kappa shape index (κ1) is 36.3. The van der Waals surface area contributed by atoms with Gasteiger partial charge < -0.3 is 18.9 Å². The molecule has 2 aliphatic rings. The highest BCUT2D eigenvalue weighted by Gasteiger charge is 2.44. The second kappa shape index (κ2) is 13.5. The third kappa shape index (κ3) is 5.45. The molecule has 8 rings (SSSR count). The smallest absolute Gasteiger partial charge is 0.178 e. The van der Waals surface area contributed by atoms with Gasteiger partial charge in [-0.2, -0.15) is 0 Å². The summed E-state index contributed by atoms with van der Waals surface area (Å²) in [6, 6.07) is 29.7. The number of methoxy groups -OCH3 is 3. The van der Waals surface area contributed by atoms with Gasteiger partial charge in [0.2, 0.25) is 0 Å². The molecule has 4 nitrogen and oxygen atoms in total. The number of ether oxygens (including phenoxy) is 4. The first-order valence-electron chi connectivity index (χ1n) is 16.8. The van der Waals surface area contributed by atoms with Gasteiger partial charge in [-0.15, -0.1) is 27.7 Å². The van der Waals surface area contributed by atoms with Crippen molar-refractivity contribution in [2.75, 3.05) is 21.3 Å². The Morgan fingerprint density at radius 3 is 1.81 bits per heavy atom. The summed E-state index contributed by atoms with van der Waals surface area (Å²) in [5.74, 6) is 3.19. The third-order valence-corrected chi connectivity index (χ3v) is 16.8. The van der Waals surface area contributed by atoms with Gasteiger partial charge in [0.1, 0.15) is 23.0 Å². The van der Waals surface area contributed by atoms with Crippen LogP contribution in [0.1, 0.15) is 41.7 Å². The summed E-state index contributed by atoms with van der Waals surface area (Å²) in [5, 5.41) is 5.79. The molecule has 0 radical (unpaired) electrons. The predicted molar refractivity (Wildman–Crippen MR) is 243 cm³/mol. The maximum atomic E-state index is 7.50. The van der Waals surface area contributed by atoms with E-state index in [0.29, 0.717) is 0 Å². The summed E-state index contributed by atoms with van der Waals surface area (Å²) in [6.07, 6.45) is 4.49. The van der Waals surface area contributed by atoms with Gasteiger partial charge in [-0.3, -0.25) is 0 Å². The molecule has 1 aliphatic heterocycles. The Hall–Kier alpha value is -2.73. The quantitative estimate of drug-likeness (QED) is 0.123. The highest BCUT2D eigenvalue weighted by Crippen LogP contribution is 2.59. The van der Waals surface area contributed by atoms with Crippen molar-refractivity contribution < 1.29 is 18.9 Å². The van der Waals surface area contributed by atoms with Crippen LogP contribution in [0.15, 0.2) is 91.0 Å². The molecule has 0 saturated carbocycles. The second-order valence-electron chi connectivity index (χ2n) is 13.7. The fraction of sp³-hybridized carbons (Fsp3) is 0.163. The van der Waals surface area contributed by atoms with Crippen LogP contribution in [0, 0.1) is 7.14 Å². The van der Waals surface area contributed by atoms with Crippen LogP contribution in [0.2, 0.25) is 0 Å². The molecular weight excluding hydrogens is 927 g/mol. The topological polar surface area (TPSA) is 36.9 Å². The molecule has 262 valence electrons. The van der Waals surface area contributed by atoms with Crippen molar-refractivity contribution in [3.05, 3.63) is 126 Å². The van der Waals surface area contributed by atoms with Gasteiger partial charge in [-0.05, 0) is 149 Å². The first-order valence-corrected chi connectivity index (χ1v) is 20.7. The maximum Gasteiger partial charge on any atom is 0.178 e. The minimum absolute atomic E-state index is 0.323. The average Bonchev–Trinajstić information content (AvgIpc) is 3.42. The molecule has 1 aliphatic carbocycles. The molecule has 52 heavy (non-hydrogen) atoms. The maximum absolute atomic E-state index is 7.50. The standard InChI is InChI=1S/C43H37I2O4P3/c1-42(2)32-20-22(33-36(44)40(51)37(45)41(52)39(33)50)6-16-29(32)34-28-17-15-27(48-5)21-31(28)38-30(35(34)42)18-19-43(49-38,23-7-11-25(46-3)12-8-23)24-9-13-26(47-4)14-10-24/h6-21H,50-52H2,1-5H3. The zero-order valence-corrected chi connectivity index (χ0v) is 37.1. The van der Waals surface area contributed by atoms with Crippen LogP contribution in [0.25, 0.3) is 39.1 Å². The van der Waals surface area contributed by atoms with E-state index in [1.54, 1.807) is 21.3 Å². The third-order valence-electron chi connectivity index (χ3n) is 10.7. The van der Waals surface area contributed by atoms with Gasteiger partial charge in [0.15, 0.2) is 5.60 Å². The normalized spacial score (nSPS) is 14.7. The van der Waals surface area contributed by atoms with Crippen molar-refractivity contribution >= 4 is 106 Å². The molecule has 3 atom stereocenters. The Morgan fingerprint density at radius 1 is 0.615 bits per heavy atom. The first-order chi connectivity index (χ1) is 24.9. The van der Waals surface area contributed by atoms with Crippen molar-refractivity contribution in [1.82, 2.24) is 0 Å². The Labute approximate surface area is 339 Å². The van der Waals surface area contributed by atoms with Crippen molar-refractivity contribution in [3.8, 4) is 45.3 Å². The van der Waals surface area contributed by atoms with E-state index >= 15 is 0 Å². The molecule has 0 amide bonds. The van der Waals surface area contributed by atoms with E-state index in [2.05, 4.69) is 160 Å². The summed E-state index contributed by atoms with van der Waals surface area (Å²) in [4.78, 5) is 0. The monoisotopic (exact) mass is 964 g/mol. The fourth-order valence-corrected chi connectivity index (χ4v) is 11.7. The molecule has 6 aromatic rings. The molecule has 0 saturated heterocycles. The van der Waals surface area contributed by atoms with Crippen LogP contribution in [-0.4, -0.2) is 21.3 Å².